The maximum Gasteiger partial charge on any atom is 0.262 e. The Kier molecular flexibility index (Phi) is 8.12. The molecule has 0 aliphatic carbocycles. The maximum atomic E-state index is 13.0. The first-order valence-corrected chi connectivity index (χ1v) is 11.5. The van der Waals surface area contributed by atoms with Crippen LogP contribution in [0.2, 0.25) is 5.02 Å². The number of carbonyl (C=O) groups excluding carboxylic acids is 1. The van der Waals surface area contributed by atoms with Crippen LogP contribution in [0.1, 0.15) is 25.8 Å². The second kappa shape index (κ2) is 10.8. The number of thioether (sulfide) groups is 1. The molecule has 0 unspecified atom stereocenters. The van der Waals surface area contributed by atoms with Crippen LogP contribution in [0, 0.1) is 6.92 Å². The van der Waals surface area contributed by atoms with Gasteiger partial charge in [0, 0.05) is 13.2 Å². The van der Waals surface area contributed by atoms with Crippen molar-refractivity contribution < 1.29 is 9.53 Å². The Morgan fingerprint density at radius 1 is 1.26 bits per heavy atom. The zero-order valence-electron chi connectivity index (χ0n) is 17.9. The number of para-hydroxylation sites is 1. The summed E-state index contributed by atoms with van der Waals surface area (Å²) in [6, 6.07) is 12.7. The highest BCUT2D eigenvalue weighted by atomic mass is 35.5. The van der Waals surface area contributed by atoms with Gasteiger partial charge in [0.05, 0.1) is 33.5 Å². The summed E-state index contributed by atoms with van der Waals surface area (Å²) in [7, 11) is 0. The van der Waals surface area contributed by atoms with Gasteiger partial charge in [0.2, 0.25) is 5.91 Å². The number of aromatic nitrogens is 2. The Morgan fingerprint density at radius 3 is 2.77 bits per heavy atom. The summed E-state index contributed by atoms with van der Waals surface area (Å²) >= 11 is 7.44. The Hall–Kier alpha value is -2.35. The smallest absolute Gasteiger partial charge is 0.262 e. The molecule has 1 heterocycles. The predicted octanol–water partition coefficient (Wildman–Crippen LogP) is 4.90. The minimum absolute atomic E-state index is 0.109. The number of fused-ring (bicyclic) bond motifs is 1. The van der Waals surface area contributed by atoms with Crippen LogP contribution < -0.4 is 10.9 Å². The Morgan fingerprint density at radius 2 is 2.03 bits per heavy atom. The van der Waals surface area contributed by atoms with Crippen molar-refractivity contribution in [3.63, 3.8) is 0 Å². The summed E-state index contributed by atoms with van der Waals surface area (Å²) in [5.41, 5.74) is 2.09. The van der Waals surface area contributed by atoms with Crippen molar-refractivity contribution in [3.05, 3.63) is 63.4 Å². The topological polar surface area (TPSA) is 73.2 Å². The van der Waals surface area contributed by atoms with Gasteiger partial charge < -0.3 is 10.1 Å². The molecule has 0 saturated carbocycles. The van der Waals surface area contributed by atoms with E-state index in [-0.39, 0.29) is 23.3 Å². The molecule has 0 atom stereocenters. The van der Waals surface area contributed by atoms with E-state index in [2.05, 4.69) is 10.3 Å². The van der Waals surface area contributed by atoms with Crippen LogP contribution in [0.25, 0.3) is 10.9 Å². The molecule has 0 aliphatic rings. The number of anilines is 1. The molecule has 8 heteroatoms. The van der Waals surface area contributed by atoms with Gasteiger partial charge in [0.15, 0.2) is 5.16 Å². The van der Waals surface area contributed by atoms with E-state index >= 15 is 0 Å². The standard InChI is InChI=1S/C23H26ClN3O3S/c1-15(2)30-12-6-11-27-22(29)17-7-4-5-8-19(17)26-23(27)31-14-21(28)25-20-10-9-16(3)13-18(20)24/h4-5,7-10,13,15H,6,11-12,14H2,1-3H3,(H,25,28). The summed E-state index contributed by atoms with van der Waals surface area (Å²) in [6.07, 6.45) is 0.814. The molecule has 0 fully saturated rings. The molecule has 31 heavy (non-hydrogen) atoms. The predicted molar refractivity (Wildman–Crippen MR) is 127 cm³/mol. The average molecular weight is 460 g/mol. The Bertz CT molecular complexity index is 1130. The zero-order chi connectivity index (χ0) is 22.4. The van der Waals surface area contributed by atoms with Crippen LogP contribution in [0.4, 0.5) is 5.69 Å². The van der Waals surface area contributed by atoms with Crippen LogP contribution in [-0.4, -0.2) is 33.9 Å². The lowest BCUT2D eigenvalue weighted by molar-refractivity contribution is -0.113. The van der Waals surface area contributed by atoms with Crippen LogP contribution in [0.15, 0.2) is 52.4 Å². The minimum atomic E-state index is -0.215. The highest BCUT2D eigenvalue weighted by Gasteiger charge is 2.14. The fraction of sp³-hybridized carbons (Fsp3) is 0.348. The second-order valence-electron chi connectivity index (χ2n) is 7.46. The quantitative estimate of drug-likeness (QED) is 0.280. The molecular formula is C23H26ClN3O3S. The van der Waals surface area contributed by atoms with Crippen molar-refractivity contribution in [3.8, 4) is 0 Å². The van der Waals surface area contributed by atoms with Gasteiger partial charge in [0.1, 0.15) is 0 Å². The van der Waals surface area contributed by atoms with E-state index in [4.69, 9.17) is 16.3 Å². The van der Waals surface area contributed by atoms with Gasteiger partial charge in [0.25, 0.3) is 5.56 Å². The first-order chi connectivity index (χ1) is 14.8. The number of ether oxygens (including phenoxy) is 1. The van der Waals surface area contributed by atoms with Crippen molar-refractivity contribution in [1.29, 1.82) is 0 Å². The minimum Gasteiger partial charge on any atom is -0.379 e. The molecule has 3 rings (SSSR count). The molecule has 0 spiro atoms. The first-order valence-electron chi connectivity index (χ1n) is 10.1. The fourth-order valence-corrected chi connectivity index (χ4v) is 4.14. The summed E-state index contributed by atoms with van der Waals surface area (Å²) in [6.45, 7) is 6.91. The van der Waals surface area contributed by atoms with E-state index in [1.54, 1.807) is 28.8 Å². The number of aryl methyl sites for hydroxylation is 1. The molecule has 0 saturated heterocycles. The molecule has 1 amide bonds. The normalized spacial score (nSPS) is 11.3. The van der Waals surface area contributed by atoms with E-state index in [1.165, 1.54) is 11.8 Å². The SMILES string of the molecule is Cc1ccc(NC(=O)CSc2nc3ccccc3c(=O)n2CCCOC(C)C)c(Cl)c1. The van der Waals surface area contributed by atoms with E-state index in [9.17, 15) is 9.59 Å². The van der Waals surface area contributed by atoms with Crippen molar-refractivity contribution in [2.24, 2.45) is 0 Å². The molecule has 164 valence electrons. The molecule has 2 aromatic carbocycles. The lowest BCUT2D eigenvalue weighted by Gasteiger charge is -2.14. The van der Waals surface area contributed by atoms with Gasteiger partial charge in [-0.15, -0.1) is 0 Å². The second-order valence-corrected chi connectivity index (χ2v) is 8.81. The number of carbonyl (C=O) groups is 1. The molecule has 3 aromatic rings. The molecule has 1 aromatic heterocycles. The third-order valence-electron chi connectivity index (χ3n) is 4.53. The Balaban J connectivity index is 1.76. The van der Waals surface area contributed by atoms with Gasteiger partial charge in [-0.2, -0.15) is 0 Å². The molecule has 1 N–H and O–H groups in total. The van der Waals surface area contributed by atoms with E-state index in [1.807, 2.05) is 39.0 Å². The van der Waals surface area contributed by atoms with Gasteiger partial charge in [-0.3, -0.25) is 14.2 Å². The number of rotatable bonds is 9. The number of hydrogen-bond acceptors (Lipinski definition) is 5. The van der Waals surface area contributed by atoms with E-state index < -0.39 is 0 Å². The highest BCUT2D eigenvalue weighted by Crippen LogP contribution is 2.24. The van der Waals surface area contributed by atoms with E-state index in [0.29, 0.717) is 46.3 Å². The molecule has 0 bridgehead atoms. The summed E-state index contributed by atoms with van der Waals surface area (Å²) < 4.78 is 7.22. The number of nitrogens with one attached hydrogen (secondary N) is 1. The first kappa shape index (κ1) is 23.3. The third-order valence-corrected chi connectivity index (χ3v) is 5.82. The van der Waals surface area contributed by atoms with Crippen LogP contribution >= 0.6 is 23.4 Å². The number of hydrogen-bond donors (Lipinski definition) is 1. The number of nitrogens with zero attached hydrogens (tertiary/aromatic N) is 2. The zero-order valence-corrected chi connectivity index (χ0v) is 19.4. The summed E-state index contributed by atoms with van der Waals surface area (Å²) in [5, 5.41) is 4.38. The van der Waals surface area contributed by atoms with Crippen LogP contribution in [-0.2, 0) is 16.1 Å². The monoisotopic (exact) mass is 459 g/mol. The number of benzene rings is 2. The molecule has 6 nitrogen and oxygen atoms in total. The fourth-order valence-electron chi connectivity index (χ4n) is 3.03. The average Bonchev–Trinajstić information content (AvgIpc) is 2.73. The van der Waals surface area contributed by atoms with Crippen molar-refractivity contribution >= 4 is 45.9 Å². The number of halogens is 1. The van der Waals surface area contributed by atoms with Crippen LogP contribution in [0.5, 0.6) is 0 Å². The molecular weight excluding hydrogens is 434 g/mol. The molecule has 0 radical (unpaired) electrons. The molecule has 0 aliphatic heterocycles. The van der Waals surface area contributed by atoms with E-state index in [0.717, 1.165) is 5.56 Å². The lowest BCUT2D eigenvalue weighted by atomic mass is 10.2. The van der Waals surface area contributed by atoms with Crippen molar-refractivity contribution in [2.75, 3.05) is 17.7 Å². The van der Waals surface area contributed by atoms with Gasteiger partial charge in [-0.1, -0.05) is 41.6 Å². The van der Waals surface area contributed by atoms with Crippen molar-refractivity contribution in [1.82, 2.24) is 9.55 Å². The van der Waals surface area contributed by atoms with Crippen molar-refractivity contribution in [2.45, 2.75) is 45.0 Å². The lowest BCUT2D eigenvalue weighted by Crippen LogP contribution is -2.25. The summed E-state index contributed by atoms with van der Waals surface area (Å²) in [5.74, 6) is -0.106. The van der Waals surface area contributed by atoms with Gasteiger partial charge in [-0.05, 0) is 57.0 Å². The third kappa shape index (κ3) is 6.32. The highest BCUT2D eigenvalue weighted by molar-refractivity contribution is 7.99. The van der Waals surface area contributed by atoms with Crippen LogP contribution in [0.3, 0.4) is 0 Å². The maximum absolute atomic E-state index is 13.0. The largest absolute Gasteiger partial charge is 0.379 e. The summed E-state index contributed by atoms with van der Waals surface area (Å²) in [4.78, 5) is 30.2. The van der Waals surface area contributed by atoms with Gasteiger partial charge in [-0.25, -0.2) is 4.98 Å². The number of amides is 1. The Labute approximate surface area is 191 Å². The van der Waals surface area contributed by atoms with Gasteiger partial charge >= 0.3 is 0 Å².